The van der Waals surface area contributed by atoms with Gasteiger partial charge in [-0.15, -0.1) is 0 Å². The van der Waals surface area contributed by atoms with Gasteiger partial charge in [0.2, 0.25) is 11.9 Å². The van der Waals surface area contributed by atoms with Gasteiger partial charge >= 0.3 is 0 Å². The van der Waals surface area contributed by atoms with E-state index < -0.39 is 5.91 Å². The number of piperidine rings is 1. The average molecular weight is 562 g/mol. The van der Waals surface area contributed by atoms with E-state index in [0.717, 1.165) is 49.8 Å². The fourth-order valence-corrected chi connectivity index (χ4v) is 5.30. The Morgan fingerprint density at radius 2 is 2.02 bits per heavy atom. The van der Waals surface area contributed by atoms with Crippen LogP contribution in [0.2, 0.25) is 0 Å². The van der Waals surface area contributed by atoms with Gasteiger partial charge in [-0.05, 0) is 67.4 Å². The van der Waals surface area contributed by atoms with E-state index >= 15 is 0 Å². The molecule has 0 bridgehead atoms. The summed E-state index contributed by atoms with van der Waals surface area (Å²) in [6.45, 7) is 4.12. The van der Waals surface area contributed by atoms with Gasteiger partial charge in [0, 0.05) is 49.6 Å². The van der Waals surface area contributed by atoms with Gasteiger partial charge in [0.25, 0.3) is 11.1 Å². The van der Waals surface area contributed by atoms with Crippen LogP contribution in [0.15, 0.2) is 53.7 Å². The van der Waals surface area contributed by atoms with Crippen LogP contribution in [0.25, 0.3) is 17.3 Å². The predicted octanol–water partition coefficient (Wildman–Crippen LogP) is 3.97. The minimum atomic E-state index is -0.414. The monoisotopic (exact) mass is 561 g/mol. The molecular formula is C28H28FN7O3S. The number of pyridine rings is 1. The highest BCUT2D eigenvalue weighted by Gasteiger charge is 2.26. The van der Waals surface area contributed by atoms with Crippen molar-refractivity contribution in [1.82, 2.24) is 25.6 Å². The lowest BCUT2D eigenvalue weighted by Gasteiger charge is -2.32. The van der Waals surface area contributed by atoms with Crippen LogP contribution in [0, 0.1) is 11.7 Å². The van der Waals surface area contributed by atoms with Crippen LogP contribution in [0.1, 0.15) is 31.0 Å². The molecule has 206 valence electrons. The number of hydrogen-bond donors (Lipinski definition) is 3. The fourth-order valence-electron chi connectivity index (χ4n) is 4.63. The molecule has 2 aliphatic heterocycles. The second-order valence-electron chi connectivity index (χ2n) is 9.62. The van der Waals surface area contributed by atoms with Crippen LogP contribution >= 0.6 is 11.8 Å². The average Bonchev–Trinajstić information content (AvgIpc) is 3.26. The third-order valence-electron chi connectivity index (χ3n) is 6.64. The summed E-state index contributed by atoms with van der Waals surface area (Å²) >= 11 is 0.859. The molecule has 0 saturated carbocycles. The van der Waals surface area contributed by atoms with Gasteiger partial charge in [0.1, 0.15) is 5.82 Å². The van der Waals surface area contributed by atoms with Crippen molar-refractivity contribution in [3.05, 3.63) is 70.8 Å². The summed E-state index contributed by atoms with van der Waals surface area (Å²) in [5.74, 6) is 0.0667. The molecule has 0 spiro atoms. The van der Waals surface area contributed by atoms with Crippen molar-refractivity contribution < 1.29 is 18.8 Å². The molecule has 12 heteroatoms. The number of amides is 3. The zero-order valence-corrected chi connectivity index (χ0v) is 22.6. The summed E-state index contributed by atoms with van der Waals surface area (Å²) < 4.78 is 14.5. The van der Waals surface area contributed by atoms with Crippen molar-refractivity contribution >= 4 is 46.5 Å². The van der Waals surface area contributed by atoms with E-state index in [-0.39, 0.29) is 17.0 Å². The zero-order valence-electron chi connectivity index (χ0n) is 21.8. The van der Waals surface area contributed by atoms with Crippen molar-refractivity contribution in [3.63, 3.8) is 0 Å². The third-order valence-corrected chi connectivity index (χ3v) is 7.46. The SMILES string of the molecule is CC(=O)Nc1cccc(-c2cc(CNCC3CCN(c4nccc(C=C5SC(=O)NC5=O)n4)CC3)c(F)cn2)c1. The number of rotatable bonds is 8. The maximum absolute atomic E-state index is 14.5. The molecule has 2 saturated heterocycles. The number of hydrogen-bond acceptors (Lipinski definition) is 9. The van der Waals surface area contributed by atoms with E-state index in [1.807, 2.05) is 18.2 Å². The topological polar surface area (TPSA) is 129 Å². The first-order valence-corrected chi connectivity index (χ1v) is 13.7. The number of carbonyl (C=O) groups is 3. The Balaban J connectivity index is 1.14. The summed E-state index contributed by atoms with van der Waals surface area (Å²) in [5, 5.41) is 7.99. The summed E-state index contributed by atoms with van der Waals surface area (Å²) in [5.41, 5.74) is 3.19. The number of imide groups is 1. The second kappa shape index (κ2) is 12.3. The largest absolute Gasteiger partial charge is 0.341 e. The van der Waals surface area contributed by atoms with Crippen molar-refractivity contribution in [2.24, 2.45) is 5.92 Å². The molecule has 1 aromatic carbocycles. The fraction of sp³-hybridized carbons (Fsp3) is 0.286. The maximum Gasteiger partial charge on any atom is 0.290 e. The minimum Gasteiger partial charge on any atom is -0.341 e. The minimum absolute atomic E-state index is 0.161. The number of anilines is 2. The van der Waals surface area contributed by atoms with E-state index in [0.29, 0.717) is 46.0 Å². The van der Waals surface area contributed by atoms with Gasteiger partial charge in [-0.2, -0.15) is 0 Å². The lowest BCUT2D eigenvalue weighted by molar-refractivity contribution is -0.115. The first-order chi connectivity index (χ1) is 19.3. The molecule has 40 heavy (non-hydrogen) atoms. The number of thioether (sulfide) groups is 1. The van der Waals surface area contributed by atoms with E-state index in [2.05, 4.69) is 35.8 Å². The van der Waals surface area contributed by atoms with Crippen LogP contribution in [-0.2, 0) is 16.1 Å². The Morgan fingerprint density at radius 3 is 2.77 bits per heavy atom. The summed E-state index contributed by atoms with van der Waals surface area (Å²) in [6.07, 6.45) is 6.32. The van der Waals surface area contributed by atoms with Gasteiger partial charge in [-0.25, -0.2) is 14.4 Å². The number of halogens is 1. The molecular weight excluding hydrogens is 533 g/mol. The van der Waals surface area contributed by atoms with Crippen LogP contribution < -0.4 is 20.9 Å². The normalized spacial score (nSPS) is 16.9. The van der Waals surface area contributed by atoms with Crippen LogP contribution in [0.4, 0.5) is 20.8 Å². The molecule has 0 atom stereocenters. The third kappa shape index (κ3) is 6.88. The van der Waals surface area contributed by atoms with Crippen LogP contribution in [0.5, 0.6) is 0 Å². The lowest BCUT2D eigenvalue weighted by atomic mass is 9.97. The smallest absolute Gasteiger partial charge is 0.290 e. The Kier molecular flexibility index (Phi) is 8.46. The van der Waals surface area contributed by atoms with Crippen LogP contribution in [-0.4, -0.2) is 51.6 Å². The van der Waals surface area contributed by atoms with Gasteiger partial charge in [0.05, 0.1) is 22.5 Å². The van der Waals surface area contributed by atoms with E-state index in [1.54, 1.807) is 30.5 Å². The lowest BCUT2D eigenvalue weighted by Crippen LogP contribution is -2.38. The summed E-state index contributed by atoms with van der Waals surface area (Å²) in [7, 11) is 0. The van der Waals surface area contributed by atoms with Gasteiger partial charge < -0.3 is 15.5 Å². The molecule has 0 aliphatic carbocycles. The molecule has 2 aromatic heterocycles. The first kappa shape index (κ1) is 27.4. The Bertz CT molecular complexity index is 1470. The molecule has 0 radical (unpaired) electrons. The van der Waals surface area contributed by atoms with E-state index in [4.69, 9.17) is 0 Å². The van der Waals surface area contributed by atoms with Crippen molar-refractivity contribution in [2.45, 2.75) is 26.3 Å². The summed E-state index contributed by atoms with van der Waals surface area (Å²) in [4.78, 5) is 50.2. The first-order valence-electron chi connectivity index (χ1n) is 12.9. The van der Waals surface area contributed by atoms with Crippen molar-refractivity contribution in [3.8, 4) is 11.3 Å². The van der Waals surface area contributed by atoms with Crippen LogP contribution in [0.3, 0.4) is 0 Å². The summed E-state index contributed by atoms with van der Waals surface area (Å²) in [6, 6.07) is 10.7. The molecule has 2 fully saturated rings. The maximum atomic E-state index is 14.5. The molecule has 3 amide bonds. The molecule has 3 N–H and O–H groups in total. The number of nitrogens with zero attached hydrogens (tertiary/aromatic N) is 4. The molecule has 0 unspecified atom stereocenters. The number of benzene rings is 1. The van der Waals surface area contributed by atoms with E-state index in [1.165, 1.54) is 13.1 Å². The molecule has 3 aromatic rings. The molecule has 10 nitrogen and oxygen atoms in total. The number of aromatic nitrogens is 3. The molecule has 5 rings (SSSR count). The number of carbonyl (C=O) groups excluding carboxylic acids is 3. The standard InChI is InChI=1S/C28H28FN7O3S/c1-17(37)33-21-4-2-3-19(11-21)24-12-20(23(29)16-32-24)15-30-14-18-6-9-36(10-7-18)27-31-8-5-22(34-27)13-25-26(38)35-28(39)40-25/h2-5,8,11-13,16,18,30H,6-7,9-10,14-15H2,1H3,(H,33,37)(H,35,38,39). The highest BCUT2D eigenvalue weighted by molar-refractivity contribution is 8.18. The highest BCUT2D eigenvalue weighted by Crippen LogP contribution is 2.26. The molecule has 2 aliphatic rings. The second-order valence-corrected chi connectivity index (χ2v) is 10.6. The van der Waals surface area contributed by atoms with E-state index in [9.17, 15) is 18.8 Å². The van der Waals surface area contributed by atoms with Gasteiger partial charge in [0.15, 0.2) is 0 Å². The molecule has 4 heterocycles. The van der Waals surface area contributed by atoms with Crippen molar-refractivity contribution in [1.29, 1.82) is 0 Å². The van der Waals surface area contributed by atoms with Gasteiger partial charge in [-0.3, -0.25) is 24.7 Å². The Morgan fingerprint density at radius 1 is 1.20 bits per heavy atom. The Hall–Kier alpha value is -4.16. The zero-order chi connectivity index (χ0) is 28.1. The highest BCUT2D eigenvalue weighted by atomic mass is 32.2. The van der Waals surface area contributed by atoms with Gasteiger partial charge in [-0.1, -0.05) is 12.1 Å². The van der Waals surface area contributed by atoms with Crippen molar-refractivity contribution in [2.75, 3.05) is 29.9 Å². The predicted molar refractivity (Wildman–Crippen MR) is 152 cm³/mol. The Labute approximate surface area is 234 Å². The quantitative estimate of drug-likeness (QED) is 0.350. The number of nitrogens with one attached hydrogen (secondary N) is 3.